The van der Waals surface area contributed by atoms with Crippen LogP contribution < -0.4 is 10.6 Å². The van der Waals surface area contributed by atoms with E-state index in [2.05, 4.69) is 27.2 Å². The van der Waals surface area contributed by atoms with Gasteiger partial charge in [-0.3, -0.25) is 4.79 Å². The normalized spacial score (nSPS) is 12.1. The summed E-state index contributed by atoms with van der Waals surface area (Å²) in [6.45, 7) is 2.05. The van der Waals surface area contributed by atoms with Gasteiger partial charge in [-0.1, -0.05) is 17.3 Å². The topological polar surface area (TPSA) is 67.2 Å². The lowest BCUT2D eigenvalue weighted by atomic mass is 10.1. The number of hydrogen-bond donors (Lipinski definition) is 2. The quantitative estimate of drug-likeness (QED) is 0.866. The SMILES string of the molecule is CNC(C)c1cccc(NC(=O)c2ccon2)c1. The van der Waals surface area contributed by atoms with Crippen LogP contribution in [0.4, 0.5) is 5.69 Å². The van der Waals surface area contributed by atoms with E-state index in [4.69, 9.17) is 0 Å². The molecule has 1 amide bonds. The average molecular weight is 245 g/mol. The molecule has 2 aromatic rings. The third-order valence-corrected chi connectivity index (χ3v) is 2.75. The molecule has 18 heavy (non-hydrogen) atoms. The van der Waals surface area contributed by atoms with E-state index in [1.165, 1.54) is 12.3 Å². The predicted octanol–water partition coefficient (Wildman–Crippen LogP) is 2.21. The van der Waals surface area contributed by atoms with Gasteiger partial charge in [-0.2, -0.15) is 0 Å². The van der Waals surface area contributed by atoms with E-state index < -0.39 is 0 Å². The largest absolute Gasteiger partial charge is 0.364 e. The van der Waals surface area contributed by atoms with Crippen molar-refractivity contribution in [3.63, 3.8) is 0 Å². The fourth-order valence-electron chi connectivity index (χ4n) is 1.58. The molecule has 1 heterocycles. The van der Waals surface area contributed by atoms with Gasteiger partial charge in [0.2, 0.25) is 0 Å². The second kappa shape index (κ2) is 5.46. The second-order valence-corrected chi connectivity index (χ2v) is 3.97. The van der Waals surface area contributed by atoms with E-state index in [-0.39, 0.29) is 17.6 Å². The summed E-state index contributed by atoms with van der Waals surface area (Å²) in [4.78, 5) is 11.8. The number of nitrogens with one attached hydrogen (secondary N) is 2. The zero-order valence-electron chi connectivity index (χ0n) is 10.3. The summed E-state index contributed by atoms with van der Waals surface area (Å²) in [6, 6.07) is 9.43. The summed E-state index contributed by atoms with van der Waals surface area (Å²) in [6.07, 6.45) is 1.37. The number of benzene rings is 1. The second-order valence-electron chi connectivity index (χ2n) is 3.97. The third-order valence-electron chi connectivity index (χ3n) is 2.75. The standard InChI is InChI=1S/C13H15N3O2/c1-9(14-2)10-4-3-5-11(8-10)15-13(17)12-6-7-18-16-12/h3-9,14H,1-2H3,(H,15,17). The summed E-state index contributed by atoms with van der Waals surface area (Å²) < 4.78 is 4.63. The Morgan fingerprint density at radius 2 is 2.22 bits per heavy atom. The highest BCUT2D eigenvalue weighted by Crippen LogP contribution is 2.17. The van der Waals surface area contributed by atoms with E-state index in [0.717, 1.165) is 11.3 Å². The van der Waals surface area contributed by atoms with Gasteiger partial charge in [0.05, 0.1) is 0 Å². The van der Waals surface area contributed by atoms with E-state index in [1.807, 2.05) is 31.3 Å². The number of amides is 1. The molecule has 0 bridgehead atoms. The first-order valence-corrected chi connectivity index (χ1v) is 5.69. The van der Waals surface area contributed by atoms with Gasteiger partial charge in [0.15, 0.2) is 5.69 Å². The highest BCUT2D eigenvalue weighted by molar-refractivity contribution is 6.02. The van der Waals surface area contributed by atoms with Gasteiger partial charge in [0.1, 0.15) is 6.26 Å². The Morgan fingerprint density at radius 3 is 2.89 bits per heavy atom. The van der Waals surface area contributed by atoms with E-state index in [1.54, 1.807) is 0 Å². The summed E-state index contributed by atoms with van der Waals surface area (Å²) >= 11 is 0. The lowest BCUT2D eigenvalue weighted by molar-refractivity contribution is 0.101. The predicted molar refractivity (Wildman–Crippen MR) is 68.4 cm³/mol. The van der Waals surface area contributed by atoms with Crippen molar-refractivity contribution in [1.29, 1.82) is 0 Å². The molecule has 1 aromatic carbocycles. The zero-order valence-corrected chi connectivity index (χ0v) is 10.3. The third kappa shape index (κ3) is 2.75. The Hall–Kier alpha value is -2.14. The Kier molecular flexibility index (Phi) is 3.74. The van der Waals surface area contributed by atoms with Crippen molar-refractivity contribution in [2.75, 3.05) is 12.4 Å². The summed E-state index contributed by atoms with van der Waals surface area (Å²) in [5, 5.41) is 9.51. The van der Waals surface area contributed by atoms with E-state index in [9.17, 15) is 4.79 Å². The molecule has 0 aliphatic rings. The van der Waals surface area contributed by atoms with Gasteiger partial charge in [-0.25, -0.2) is 0 Å². The van der Waals surface area contributed by atoms with Crippen LogP contribution in [-0.4, -0.2) is 18.1 Å². The van der Waals surface area contributed by atoms with Gasteiger partial charge in [0.25, 0.3) is 5.91 Å². The number of carbonyl (C=O) groups excluding carboxylic acids is 1. The van der Waals surface area contributed by atoms with Crippen LogP contribution in [0.3, 0.4) is 0 Å². The molecule has 2 N–H and O–H groups in total. The first-order chi connectivity index (χ1) is 8.70. The average Bonchev–Trinajstić information content (AvgIpc) is 2.92. The minimum absolute atomic E-state index is 0.230. The highest BCUT2D eigenvalue weighted by atomic mass is 16.5. The fraction of sp³-hybridized carbons (Fsp3) is 0.231. The molecule has 5 heteroatoms. The first-order valence-electron chi connectivity index (χ1n) is 5.69. The number of anilines is 1. The monoisotopic (exact) mass is 245 g/mol. The Balaban J connectivity index is 2.12. The minimum atomic E-state index is -0.280. The smallest absolute Gasteiger partial charge is 0.277 e. The van der Waals surface area contributed by atoms with Crippen LogP contribution in [0.25, 0.3) is 0 Å². The lowest BCUT2D eigenvalue weighted by Gasteiger charge is -2.12. The van der Waals surface area contributed by atoms with Gasteiger partial charge in [-0.05, 0) is 31.7 Å². The zero-order chi connectivity index (χ0) is 13.0. The van der Waals surface area contributed by atoms with Crippen LogP contribution in [0.2, 0.25) is 0 Å². The molecular formula is C13H15N3O2. The maximum absolute atomic E-state index is 11.8. The molecular weight excluding hydrogens is 230 g/mol. The first kappa shape index (κ1) is 12.3. The van der Waals surface area contributed by atoms with Crippen molar-refractivity contribution >= 4 is 11.6 Å². The molecule has 1 aromatic heterocycles. The summed E-state index contributed by atoms with van der Waals surface area (Å²) in [5.41, 5.74) is 2.11. The van der Waals surface area contributed by atoms with Gasteiger partial charge >= 0.3 is 0 Å². The van der Waals surface area contributed by atoms with E-state index in [0.29, 0.717) is 0 Å². The van der Waals surface area contributed by atoms with Crippen LogP contribution in [0.1, 0.15) is 29.0 Å². The molecule has 0 aliphatic carbocycles. The molecule has 0 spiro atoms. The molecule has 1 atom stereocenters. The van der Waals surface area contributed by atoms with E-state index >= 15 is 0 Å². The lowest BCUT2D eigenvalue weighted by Crippen LogP contribution is -2.14. The summed E-state index contributed by atoms with van der Waals surface area (Å²) in [5.74, 6) is -0.280. The van der Waals surface area contributed by atoms with Crippen molar-refractivity contribution in [2.45, 2.75) is 13.0 Å². The number of rotatable bonds is 4. The maximum Gasteiger partial charge on any atom is 0.277 e. The number of nitrogens with zero attached hydrogens (tertiary/aromatic N) is 1. The molecule has 5 nitrogen and oxygen atoms in total. The number of aromatic nitrogens is 1. The van der Waals surface area contributed by atoms with Crippen LogP contribution in [0.15, 0.2) is 41.1 Å². The molecule has 0 saturated heterocycles. The van der Waals surface area contributed by atoms with Gasteiger partial charge < -0.3 is 15.2 Å². The molecule has 0 fully saturated rings. The molecule has 0 aliphatic heterocycles. The van der Waals surface area contributed by atoms with Gasteiger partial charge in [-0.15, -0.1) is 0 Å². The van der Waals surface area contributed by atoms with Crippen molar-refractivity contribution < 1.29 is 9.32 Å². The summed E-state index contributed by atoms with van der Waals surface area (Å²) in [7, 11) is 1.89. The van der Waals surface area contributed by atoms with Gasteiger partial charge in [0, 0.05) is 17.8 Å². The number of carbonyl (C=O) groups is 1. The Bertz CT molecular complexity index is 523. The van der Waals surface area contributed by atoms with Crippen LogP contribution in [-0.2, 0) is 0 Å². The van der Waals surface area contributed by atoms with Crippen molar-refractivity contribution in [3.05, 3.63) is 47.9 Å². The molecule has 2 rings (SSSR count). The molecule has 94 valence electrons. The Labute approximate surface area is 105 Å². The van der Waals surface area contributed by atoms with Crippen LogP contribution in [0, 0.1) is 0 Å². The van der Waals surface area contributed by atoms with Crippen molar-refractivity contribution in [2.24, 2.45) is 0 Å². The molecule has 0 saturated carbocycles. The Morgan fingerprint density at radius 1 is 1.39 bits per heavy atom. The van der Waals surface area contributed by atoms with Crippen LogP contribution >= 0.6 is 0 Å². The van der Waals surface area contributed by atoms with Crippen molar-refractivity contribution in [1.82, 2.24) is 10.5 Å². The molecule has 1 unspecified atom stereocenters. The maximum atomic E-state index is 11.8. The van der Waals surface area contributed by atoms with Crippen LogP contribution in [0.5, 0.6) is 0 Å². The fourth-order valence-corrected chi connectivity index (χ4v) is 1.58. The molecule has 0 radical (unpaired) electrons. The highest BCUT2D eigenvalue weighted by Gasteiger charge is 2.10. The van der Waals surface area contributed by atoms with Crippen molar-refractivity contribution in [3.8, 4) is 0 Å². The number of hydrogen-bond acceptors (Lipinski definition) is 4. The minimum Gasteiger partial charge on any atom is -0.364 e.